The van der Waals surface area contributed by atoms with Crippen LogP contribution in [0.5, 0.6) is 0 Å². The van der Waals surface area contributed by atoms with Gasteiger partial charge in [-0.15, -0.1) is 0 Å². The maximum absolute atomic E-state index is 12.5. The molecule has 1 aliphatic heterocycles. The Morgan fingerprint density at radius 2 is 1.23 bits per heavy atom. The van der Waals surface area contributed by atoms with Gasteiger partial charge in [0.15, 0.2) is 0 Å². The highest BCUT2D eigenvalue weighted by atomic mass is 32.2. The van der Waals surface area contributed by atoms with Crippen LogP contribution in [-0.4, -0.2) is 37.6 Å². The van der Waals surface area contributed by atoms with Crippen molar-refractivity contribution in [2.45, 2.75) is 43.9 Å². The standard InChI is InChI=1S/C22H27N3O4S/c1-22(2,3)18-10-6-16(7-11-18)20(26)23-24-21(27)17-8-12-19(13-9-17)30(28,29)25-14-4-5-15-25/h6-13H,4-5,14-15H2,1-3H3,(H,23,26)(H,24,27). The van der Waals surface area contributed by atoms with Gasteiger partial charge in [0, 0.05) is 24.2 Å². The average Bonchev–Trinajstić information content (AvgIpc) is 3.27. The third-order valence-electron chi connectivity index (χ3n) is 5.12. The number of hydrogen-bond donors (Lipinski definition) is 2. The molecule has 160 valence electrons. The number of benzene rings is 2. The highest BCUT2D eigenvalue weighted by Crippen LogP contribution is 2.22. The summed E-state index contributed by atoms with van der Waals surface area (Å²) in [7, 11) is -3.53. The van der Waals surface area contributed by atoms with Gasteiger partial charge >= 0.3 is 0 Å². The van der Waals surface area contributed by atoms with E-state index in [9.17, 15) is 18.0 Å². The van der Waals surface area contributed by atoms with E-state index in [1.54, 1.807) is 12.1 Å². The predicted octanol–water partition coefficient (Wildman–Crippen LogP) is 2.84. The molecule has 0 saturated carbocycles. The minimum atomic E-state index is -3.53. The second-order valence-electron chi connectivity index (χ2n) is 8.37. The molecule has 0 unspecified atom stereocenters. The summed E-state index contributed by atoms with van der Waals surface area (Å²) < 4.78 is 26.5. The molecule has 2 aromatic carbocycles. The van der Waals surface area contributed by atoms with Crippen LogP contribution >= 0.6 is 0 Å². The Morgan fingerprint density at radius 3 is 1.67 bits per heavy atom. The number of hydrogen-bond acceptors (Lipinski definition) is 4. The number of nitrogens with one attached hydrogen (secondary N) is 2. The highest BCUT2D eigenvalue weighted by molar-refractivity contribution is 7.89. The van der Waals surface area contributed by atoms with Crippen LogP contribution in [0, 0.1) is 0 Å². The van der Waals surface area contributed by atoms with Gasteiger partial charge in [0.1, 0.15) is 0 Å². The molecular formula is C22H27N3O4S. The molecule has 0 radical (unpaired) electrons. The van der Waals surface area contributed by atoms with Gasteiger partial charge in [-0.1, -0.05) is 32.9 Å². The smallest absolute Gasteiger partial charge is 0.267 e. The fourth-order valence-electron chi connectivity index (χ4n) is 3.24. The average molecular weight is 430 g/mol. The Balaban J connectivity index is 1.60. The molecule has 2 aromatic rings. The van der Waals surface area contributed by atoms with E-state index in [4.69, 9.17) is 0 Å². The molecule has 2 N–H and O–H groups in total. The van der Waals surface area contributed by atoms with E-state index in [1.807, 2.05) is 12.1 Å². The molecular weight excluding hydrogens is 402 g/mol. The zero-order chi connectivity index (χ0) is 21.9. The van der Waals surface area contributed by atoms with Crippen LogP contribution in [0.25, 0.3) is 0 Å². The third kappa shape index (κ3) is 4.88. The summed E-state index contributed by atoms with van der Waals surface area (Å²) in [5.41, 5.74) is 6.50. The first kappa shape index (κ1) is 22.0. The summed E-state index contributed by atoms with van der Waals surface area (Å²) in [5, 5.41) is 0. The molecule has 0 bridgehead atoms. The number of carbonyl (C=O) groups excluding carboxylic acids is 2. The van der Waals surface area contributed by atoms with Crippen molar-refractivity contribution in [2.24, 2.45) is 0 Å². The third-order valence-corrected chi connectivity index (χ3v) is 7.03. The van der Waals surface area contributed by atoms with Crippen LogP contribution in [0.3, 0.4) is 0 Å². The Bertz CT molecular complexity index is 1020. The van der Waals surface area contributed by atoms with Crippen molar-refractivity contribution in [2.75, 3.05) is 13.1 Å². The molecule has 0 atom stereocenters. The van der Waals surface area contributed by atoms with Gasteiger partial charge in [-0.05, 0) is 60.2 Å². The van der Waals surface area contributed by atoms with E-state index in [-0.39, 0.29) is 15.9 Å². The predicted molar refractivity (Wildman–Crippen MR) is 115 cm³/mol. The van der Waals surface area contributed by atoms with Crippen molar-refractivity contribution < 1.29 is 18.0 Å². The van der Waals surface area contributed by atoms with E-state index in [0.717, 1.165) is 18.4 Å². The second kappa shape index (κ2) is 8.57. The molecule has 2 amide bonds. The summed E-state index contributed by atoms with van der Waals surface area (Å²) in [5.74, 6) is -0.961. The summed E-state index contributed by atoms with van der Waals surface area (Å²) in [4.78, 5) is 24.7. The number of sulfonamides is 1. The second-order valence-corrected chi connectivity index (χ2v) is 10.3. The van der Waals surface area contributed by atoms with E-state index < -0.39 is 21.8 Å². The number of nitrogens with zero attached hydrogens (tertiary/aromatic N) is 1. The van der Waals surface area contributed by atoms with Crippen molar-refractivity contribution in [3.8, 4) is 0 Å². The minimum absolute atomic E-state index is 0.0162. The van der Waals surface area contributed by atoms with E-state index in [1.165, 1.54) is 28.6 Å². The lowest BCUT2D eigenvalue weighted by Gasteiger charge is -2.19. The van der Waals surface area contributed by atoms with Crippen molar-refractivity contribution in [1.82, 2.24) is 15.2 Å². The van der Waals surface area contributed by atoms with Crippen molar-refractivity contribution in [3.63, 3.8) is 0 Å². The number of rotatable bonds is 4. The van der Waals surface area contributed by atoms with Gasteiger partial charge in [0.25, 0.3) is 11.8 Å². The SMILES string of the molecule is CC(C)(C)c1ccc(C(=O)NNC(=O)c2ccc(S(=O)(=O)N3CCCC3)cc2)cc1. The molecule has 1 saturated heterocycles. The van der Waals surface area contributed by atoms with Crippen LogP contribution in [0.4, 0.5) is 0 Å². The Morgan fingerprint density at radius 1 is 0.800 bits per heavy atom. The van der Waals surface area contributed by atoms with Crippen LogP contribution in [0.2, 0.25) is 0 Å². The maximum Gasteiger partial charge on any atom is 0.269 e. The monoisotopic (exact) mass is 429 g/mol. The molecule has 0 aromatic heterocycles. The minimum Gasteiger partial charge on any atom is -0.267 e. The molecule has 0 aliphatic carbocycles. The first-order valence-corrected chi connectivity index (χ1v) is 11.3. The largest absolute Gasteiger partial charge is 0.269 e. The zero-order valence-electron chi connectivity index (χ0n) is 17.4. The zero-order valence-corrected chi connectivity index (χ0v) is 18.3. The van der Waals surface area contributed by atoms with Crippen LogP contribution in [0.1, 0.15) is 59.9 Å². The number of hydrazine groups is 1. The van der Waals surface area contributed by atoms with E-state index >= 15 is 0 Å². The topological polar surface area (TPSA) is 95.6 Å². The van der Waals surface area contributed by atoms with Gasteiger partial charge < -0.3 is 0 Å². The van der Waals surface area contributed by atoms with Gasteiger partial charge in [-0.2, -0.15) is 4.31 Å². The summed E-state index contributed by atoms with van der Waals surface area (Å²) in [6.07, 6.45) is 1.72. The van der Waals surface area contributed by atoms with E-state index in [2.05, 4.69) is 31.6 Å². The molecule has 7 nitrogen and oxygen atoms in total. The Hall–Kier alpha value is -2.71. The fraction of sp³-hybridized carbons (Fsp3) is 0.364. The van der Waals surface area contributed by atoms with Crippen molar-refractivity contribution in [1.29, 1.82) is 0 Å². The quantitative estimate of drug-likeness (QED) is 0.731. The molecule has 1 fully saturated rings. The first-order valence-electron chi connectivity index (χ1n) is 9.90. The lowest BCUT2D eigenvalue weighted by molar-refractivity contribution is 0.0846. The van der Waals surface area contributed by atoms with Gasteiger partial charge in [-0.25, -0.2) is 8.42 Å². The van der Waals surface area contributed by atoms with E-state index in [0.29, 0.717) is 18.7 Å². The summed E-state index contributed by atoms with van der Waals surface area (Å²) >= 11 is 0. The van der Waals surface area contributed by atoms with Crippen LogP contribution in [0.15, 0.2) is 53.4 Å². The number of amides is 2. The molecule has 1 heterocycles. The van der Waals surface area contributed by atoms with Gasteiger partial charge in [-0.3, -0.25) is 20.4 Å². The van der Waals surface area contributed by atoms with Crippen LogP contribution in [-0.2, 0) is 15.4 Å². The normalized spacial score (nSPS) is 15.0. The molecule has 3 rings (SSSR count). The molecule has 1 aliphatic rings. The van der Waals surface area contributed by atoms with Gasteiger partial charge in [0.2, 0.25) is 10.0 Å². The maximum atomic E-state index is 12.5. The fourth-order valence-corrected chi connectivity index (χ4v) is 4.75. The van der Waals surface area contributed by atoms with Gasteiger partial charge in [0.05, 0.1) is 4.90 Å². The van der Waals surface area contributed by atoms with Crippen LogP contribution < -0.4 is 10.9 Å². The lowest BCUT2D eigenvalue weighted by Crippen LogP contribution is -2.41. The molecule has 0 spiro atoms. The first-order chi connectivity index (χ1) is 14.1. The number of carbonyl (C=O) groups is 2. The van der Waals surface area contributed by atoms with Crippen molar-refractivity contribution >= 4 is 21.8 Å². The lowest BCUT2D eigenvalue weighted by atomic mass is 9.87. The Labute approximate surface area is 177 Å². The highest BCUT2D eigenvalue weighted by Gasteiger charge is 2.27. The molecule has 8 heteroatoms. The van der Waals surface area contributed by atoms with Crippen molar-refractivity contribution in [3.05, 3.63) is 65.2 Å². The Kier molecular flexibility index (Phi) is 6.28. The summed E-state index contributed by atoms with van der Waals surface area (Å²) in [6.45, 7) is 7.30. The summed E-state index contributed by atoms with van der Waals surface area (Å²) in [6, 6.07) is 12.9. The molecule has 30 heavy (non-hydrogen) atoms.